The molecule has 5 nitrogen and oxygen atoms in total. The standard InChI is InChI=1S/C20H22N2O3/c1-25-20(24)17-12-16(13-21-17)22-19(23)18(14-8-4-2-5-9-14)15-10-6-3-7-11-15/h2-11,16-18,21H,12-13H2,1H3,(H,22,23)/t16-,17-/m0/s1. The topological polar surface area (TPSA) is 67.4 Å². The van der Waals surface area contributed by atoms with Crippen LogP contribution in [0.4, 0.5) is 0 Å². The van der Waals surface area contributed by atoms with Crippen LogP contribution in [0.5, 0.6) is 0 Å². The molecule has 2 aromatic carbocycles. The Morgan fingerprint density at radius 3 is 2.12 bits per heavy atom. The van der Waals surface area contributed by atoms with Crippen molar-refractivity contribution in [3.63, 3.8) is 0 Å². The summed E-state index contributed by atoms with van der Waals surface area (Å²) in [5.74, 6) is -0.728. The minimum atomic E-state index is -0.375. The van der Waals surface area contributed by atoms with E-state index < -0.39 is 0 Å². The number of rotatable bonds is 5. The van der Waals surface area contributed by atoms with Gasteiger partial charge in [-0.25, -0.2) is 0 Å². The van der Waals surface area contributed by atoms with Crippen LogP contribution in [0.3, 0.4) is 0 Å². The quantitative estimate of drug-likeness (QED) is 0.817. The second kappa shape index (κ2) is 7.94. The van der Waals surface area contributed by atoms with E-state index in [4.69, 9.17) is 4.74 Å². The summed E-state index contributed by atoms with van der Waals surface area (Å²) in [4.78, 5) is 24.6. The van der Waals surface area contributed by atoms with Crippen molar-refractivity contribution in [3.8, 4) is 0 Å². The Morgan fingerprint density at radius 2 is 1.60 bits per heavy atom. The molecule has 1 amide bonds. The van der Waals surface area contributed by atoms with E-state index in [0.29, 0.717) is 13.0 Å². The van der Waals surface area contributed by atoms with Gasteiger partial charge in [-0.15, -0.1) is 0 Å². The van der Waals surface area contributed by atoms with Gasteiger partial charge in [0.15, 0.2) is 0 Å². The molecule has 0 spiro atoms. The Morgan fingerprint density at radius 1 is 1.04 bits per heavy atom. The highest BCUT2D eigenvalue weighted by molar-refractivity contribution is 5.87. The molecule has 0 aliphatic carbocycles. The average molecular weight is 338 g/mol. The summed E-state index contributed by atoms with van der Waals surface area (Å²) in [6.07, 6.45) is 0.536. The van der Waals surface area contributed by atoms with E-state index in [1.54, 1.807) is 0 Å². The summed E-state index contributed by atoms with van der Waals surface area (Å²) in [5, 5.41) is 6.17. The first-order valence-corrected chi connectivity index (χ1v) is 8.40. The minimum Gasteiger partial charge on any atom is -0.468 e. The van der Waals surface area contributed by atoms with Crippen molar-refractivity contribution < 1.29 is 14.3 Å². The van der Waals surface area contributed by atoms with Crippen molar-refractivity contribution in [3.05, 3.63) is 71.8 Å². The van der Waals surface area contributed by atoms with E-state index in [1.165, 1.54) is 7.11 Å². The van der Waals surface area contributed by atoms with Gasteiger partial charge >= 0.3 is 5.97 Å². The summed E-state index contributed by atoms with van der Waals surface area (Å²) in [6, 6.07) is 19.0. The van der Waals surface area contributed by atoms with Crippen molar-refractivity contribution in [2.24, 2.45) is 0 Å². The second-order valence-electron chi connectivity index (χ2n) is 6.18. The molecular weight excluding hydrogens is 316 g/mol. The fourth-order valence-corrected chi connectivity index (χ4v) is 3.24. The normalized spacial score (nSPS) is 19.6. The SMILES string of the molecule is COC(=O)[C@@H]1C[C@H](NC(=O)C(c2ccccc2)c2ccccc2)CN1. The number of carbonyl (C=O) groups excluding carboxylic acids is 2. The van der Waals surface area contributed by atoms with Gasteiger partial charge in [0.1, 0.15) is 6.04 Å². The summed E-state index contributed by atoms with van der Waals surface area (Å²) in [7, 11) is 1.37. The predicted octanol–water partition coefficient (Wildman–Crippen LogP) is 1.84. The zero-order valence-electron chi connectivity index (χ0n) is 14.1. The van der Waals surface area contributed by atoms with Crippen molar-refractivity contribution >= 4 is 11.9 Å². The number of ether oxygens (including phenoxy) is 1. The van der Waals surface area contributed by atoms with Gasteiger partial charge in [0, 0.05) is 12.6 Å². The fraction of sp³-hybridized carbons (Fsp3) is 0.300. The molecule has 3 rings (SSSR count). The predicted molar refractivity (Wildman–Crippen MR) is 95.1 cm³/mol. The number of hydrogen-bond donors (Lipinski definition) is 2. The third-order valence-electron chi connectivity index (χ3n) is 4.49. The first-order chi connectivity index (χ1) is 12.2. The molecule has 0 saturated carbocycles. The Bertz CT molecular complexity index is 679. The van der Waals surface area contributed by atoms with Crippen LogP contribution in [0.15, 0.2) is 60.7 Å². The summed E-state index contributed by atoms with van der Waals surface area (Å²) in [6.45, 7) is 0.557. The lowest BCUT2D eigenvalue weighted by Crippen LogP contribution is -2.39. The first kappa shape index (κ1) is 17.2. The molecule has 1 aliphatic heterocycles. The van der Waals surface area contributed by atoms with E-state index in [9.17, 15) is 9.59 Å². The third-order valence-corrected chi connectivity index (χ3v) is 4.49. The van der Waals surface area contributed by atoms with Crippen LogP contribution in [0.1, 0.15) is 23.5 Å². The second-order valence-corrected chi connectivity index (χ2v) is 6.18. The first-order valence-electron chi connectivity index (χ1n) is 8.40. The monoisotopic (exact) mass is 338 g/mol. The lowest BCUT2D eigenvalue weighted by atomic mass is 9.90. The molecule has 0 bridgehead atoms. The van der Waals surface area contributed by atoms with Crippen LogP contribution in [-0.4, -0.2) is 37.6 Å². The van der Waals surface area contributed by atoms with Crippen LogP contribution < -0.4 is 10.6 Å². The van der Waals surface area contributed by atoms with Crippen molar-refractivity contribution in [1.82, 2.24) is 10.6 Å². The minimum absolute atomic E-state index is 0.0604. The van der Waals surface area contributed by atoms with Crippen LogP contribution >= 0.6 is 0 Å². The molecule has 0 unspecified atom stereocenters. The average Bonchev–Trinajstić information content (AvgIpc) is 3.11. The number of esters is 1. The lowest BCUT2D eigenvalue weighted by Gasteiger charge is -2.20. The van der Waals surface area contributed by atoms with Crippen molar-refractivity contribution in [1.29, 1.82) is 0 Å². The van der Waals surface area contributed by atoms with Gasteiger partial charge in [-0.3, -0.25) is 9.59 Å². The molecule has 2 aromatic rings. The summed E-state index contributed by atoms with van der Waals surface area (Å²) >= 11 is 0. The molecule has 1 heterocycles. The molecule has 1 fully saturated rings. The maximum Gasteiger partial charge on any atom is 0.322 e. The van der Waals surface area contributed by atoms with Crippen LogP contribution in [-0.2, 0) is 14.3 Å². The Balaban J connectivity index is 1.76. The van der Waals surface area contributed by atoms with E-state index in [-0.39, 0.29) is 29.9 Å². The van der Waals surface area contributed by atoms with Gasteiger partial charge < -0.3 is 15.4 Å². The van der Waals surface area contributed by atoms with Gasteiger partial charge in [0.2, 0.25) is 5.91 Å². The molecule has 5 heteroatoms. The molecule has 2 atom stereocenters. The molecule has 0 aromatic heterocycles. The zero-order chi connectivity index (χ0) is 17.6. The van der Waals surface area contributed by atoms with Gasteiger partial charge in [-0.2, -0.15) is 0 Å². The molecule has 2 N–H and O–H groups in total. The van der Waals surface area contributed by atoms with Crippen LogP contribution in [0.2, 0.25) is 0 Å². The number of benzene rings is 2. The zero-order valence-corrected chi connectivity index (χ0v) is 14.1. The fourth-order valence-electron chi connectivity index (χ4n) is 3.24. The highest BCUT2D eigenvalue weighted by atomic mass is 16.5. The lowest BCUT2D eigenvalue weighted by molar-refractivity contribution is -0.142. The van der Waals surface area contributed by atoms with Crippen LogP contribution in [0.25, 0.3) is 0 Å². The van der Waals surface area contributed by atoms with E-state index in [1.807, 2.05) is 60.7 Å². The number of hydrogen-bond acceptors (Lipinski definition) is 4. The number of carbonyl (C=O) groups is 2. The van der Waals surface area contributed by atoms with E-state index in [0.717, 1.165) is 11.1 Å². The molecule has 1 saturated heterocycles. The molecule has 130 valence electrons. The van der Waals surface area contributed by atoms with Gasteiger partial charge in [-0.1, -0.05) is 60.7 Å². The maximum absolute atomic E-state index is 13.0. The highest BCUT2D eigenvalue weighted by Gasteiger charge is 2.32. The van der Waals surface area contributed by atoms with Crippen molar-refractivity contribution in [2.75, 3.05) is 13.7 Å². The molecule has 1 aliphatic rings. The van der Waals surface area contributed by atoms with Gasteiger partial charge in [0.25, 0.3) is 0 Å². The Labute approximate surface area is 147 Å². The molecule has 25 heavy (non-hydrogen) atoms. The summed E-state index contributed by atoms with van der Waals surface area (Å²) in [5.41, 5.74) is 1.89. The summed E-state index contributed by atoms with van der Waals surface area (Å²) < 4.78 is 4.76. The largest absolute Gasteiger partial charge is 0.468 e. The highest BCUT2D eigenvalue weighted by Crippen LogP contribution is 2.25. The number of amides is 1. The molecular formula is C20H22N2O3. The molecule has 0 radical (unpaired) electrons. The van der Waals surface area contributed by atoms with Crippen molar-refractivity contribution in [2.45, 2.75) is 24.4 Å². The van der Waals surface area contributed by atoms with E-state index in [2.05, 4.69) is 10.6 Å². The number of methoxy groups -OCH3 is 1. The Kier molecular flexibility index (Phi) is 5.46. The third kappa shape index (κ3) is 4.06. The number of nitrogens with one attached hydrogen (secondary N) is 2. The van der Waals surface area contributed by atoms with Crippen LogP contribution in [0, 0.1) is 0 Å². The van der Waals surface area contributed by atoms with Gasteiger partial charge in [0.05, 0.1) is 13.0 Å². The van der Waals surface area contributed by atoms with E-state index >= 15 is 0 Å². The van der Waals surface area contributed by atoms with Gasteiger partial charge in [-0.05, 0) is 17.5 Å². The Hall–Kier alpha value is -2.66. The smallest absolute Gasteiger partial charge is 0.322 e. The maximum atomic E-state index is 13.0.